The van der Waals surface area contributed by atoms with E-state index < -0.39 is 0 Å². The van der Waals surface area contributed by atoms with Crippen molar-refractivity contribution in [3.05, 3.63) is 66.0 Å². The number of rotatable bonds is 7. The van der Waals surface area contributed by atoms with Crippen molar-refractivity contribution in [1.82, 2.24) is 9.66 Å². The molecule has 3 aromatic rings. The summed E-state index contributed by atoms with van der Waals surface area (Å²) in [6.07, 6.45) is 3.37. The number of benzene rings is 2. The van der Waals surface area contributed by atoms with Crippen LogP contribution in [0.3, 0.4) is 0 Å². The lowest BCUT2D eigenvalue weighted by molar-refractivity contribution is 0.216. The maximum Gasteiger partial charge on any atom is 0.282 e. The molecule has 0 saturated heterocycles. The highest BCUT2D eigenvalue weighted by molar-refractivity contribution is 9.10. The Morgan fingerprint density at radius 3 is 2.58 bits per heavy atom. The zero-order valence-corrected chi connectivity index (χ0v) is 21.8. The van der Waals surface area contributed by atoms with Crippen molar-refractivity contribution in [2.24, 2.45) is 5.10 Å². The standard InChI is InChI=1S/C23H24Br2ClN3O2/c1-5-13(3)22-28-20-8-7-16(24)11-17(20)23(30)29(22)27-12-15-9-18(25)21(19(26)10-15)31-14(4)6-2/h7-14H,5-6H2,1-4H3/t13-,14+/m1/s1. The minimum atomic E-state index is -0.209. The molecule has 0 unspecified atom stereocenters. The van der Waals surface area contributed by atoms with Gasteiger partial charge in [-0.2, -0.15) is 9.78 Å². The molecule has 0 radical (unpaired) electrons. The lowest BCUT2D eigenvalue weighted by atomic mass is 10.1. The lowest BCUT2D eigenvalue weighted by Gasteiger charge is -2.16. The van der Waals surface area contributed by atoms with Crippen molar-refractivity contribution in [3.8, 4) is 5.75 Å². The van der Waals surface area contributed by atoms with Crippen molar-refractivity contribution >= 4 is 60.6 Å². The SMILES string of the molecule is CC[C@@H](C)c1nc2ccc(Br)cc2c(=O)n1N=Cc1cc(Cl)c(O[C@@H](C)CC)c(Br)c1. The fourth-order valence-electron chi connectivity index (χ4n) is 2.95. The third-order valence-corrected chi connectivity index (χ3v) is 6.49. The third kappa shape index (κ3) is 5.38. The van der Waals surface area contributed by atoms with Crippen LogP contribution >= 0.6 is 43.5 Å². The molecule has 164 valence electrons. The van der Waals surface area contributed by atoms with E-state index in [0.29, 0.717) is 27.5 Å². The van der Waals surface area contributed by atoms with Crippen LogP contribution in [-0.4, -0.2) is 22.0 Å². The first kappa shape index (κ1) is 24.0. The van der Waals surface area contributed by atoms with Crippen molar-refractivity contribution in [1.29, 1.82) is 0 Å². The van der Waals surface area contributed by atoms with E-state index in [-0.39, 0.29) is 17.6 Å². The van der Waals surface area contributed by atoms with Gasteiger partial charge in [-0.15, -0.1) is 0 Å². The van der Waals surface area contributed by atoms with Gasteiger partial charge >= 0.3 is 0 Å². The molecule has 1 aromatic heterocycles. The molecule has 0 aliphatic rings. The number of nitrogens with zero attached hydrogens (tertiary/aromatic N) is 3. The summed E-state index contributed by atoms with van der Waals surface area (Å²) in [4.78, 5) is 17.9. The Kier molecular flexibility index (Phi) is 7.94. The molecule has 0 bridgehead atoms. The quantitative estimate of drug-likeness (QED) is 0.284. The third-order valence-electron chi connectivity index (χ3n) is 5.12. The van der Waals surface area contributed by atoms with Crippen molar-refractivity contribution in [3.63, 3.8) is 0 Å². The maximum absolute atomic E-state index is 13.2. The van der Waals surface area contributed by atoms with Crippen LogP contribution in [0.5, 0.6) is 5.75 Å². The molecule has 3 rings (SSSR count). The van der Waals surface area contributed by atoms with Gasteiger partial charge < -0.3 is 4.74 Å². The minimum Gasteiger partial charge on any atom is -0.488 e. The smallest absolute Gasteiger partial charge is 0.282 e. The van der Waals surface area contributed by atoms with Crippen LogP contribution in [0.1, 0.15) is 57.8 Å². The summed E-state index contributed by atoms with van der Waals surface area (Å²) in [5.74, 6) is 1.29. The molecule has 0 aliphatic heterocycles. The summed E-state index contributed by atoms with van der Waals surface area (Å²) in [6, 6.07) is 9.13. The Morgan fingerprint density at radius 2 is 1.94 bits per heavy atom. The van der Waals surface area contributed by atoms with E-state index in [1.807, 2.05) is 32.0 Å². The zero-order valence-electron chi connectivity index (χ0n) is 17.8. The van der Waals surface area contributed by atoms with Crippen molar-refractivity contribution in [2.75, 3.05) is 0 Å². The van der Waals surface area contributed by atoms with Gasteiger partial charge in [-0.1, -0.05) is 48.3 Å². The summed E-state index contributed by atoms with van der Waals surface area (Å²) in [7, 11) is 0. The van der Waals surface area contributed by atoms with Crippen molar-refractivity contribution < 1.29 is 4.74 Å². The number of aromatic nitrogens is 2. The fraction of sp³-hybridized carbons (Fsp3) is 0.348. The molecule has 0 saturated carbocycles. The van der Waals surface area contributed by atoms with Crippen LogP contribution in [0.4, 0.5) is 0 Å². The second-order valence-corrected chi connectivity index (χ2v) is 9.63. The van der Waals surface area contributed by atoms with Crippen molar-refractivity contribution in [2.45, 2.75) is 52.6 Å². The van der Waals surface area contributed by atoms with Gasteiger partial charge in [0.15, 0.2) is 5.75 Å². The van der Waals surface area contributed by atoms with Gasteiger partial charge in [0.25, 0.3) is 5.56 Å². The average molecular weight is 570 g/mol. The van der Waals surface area contributed by atoms with E-state index in [0.717, 1.165) is 27.4 Å². The molecule has 2 atom stereocenters. The Labute approximate surface area is 203 Å². The maximum atomic E-state index is 13.2. The molecule has 0 fully saturated rings. The van der Waals surface area contributed by atoms with E-state index in [4.69, 9.17) is 21.3 Å². The normalized spacial score (nSPS) is 13.6. The van der Waals surface area contributed by atoms with Gasteiger partial charge in [0.2, 0.25) is 0 Å². The monoisotopic (exact) mass is 567 g/mol. The molecule has 2 aromatic carbocycles. The van der Waals surface area contributed by atoms with Gasteiger partial charge in [-0.25, -0.2) is 4.98 Å². The first-order chi connectivity index (χ1) is 14.7. The highest BCUT2D eigenvalue weighted by Gasteiger charge is 2.16. The number of ether oxygens (including phenoxy) is 1. The minimum absolute atomic E-state index is 0.0491. The molecule has 31 heavy (non-hydrogen) atoms. The van der Waals surface area contributed by atoms with Crippen LogP contribution in [0, 0.1) is 0 Å². The second-order valence-electron chi connectivity index (χ2n) is 7.45. The zero-order chi connectivity index (χ0) is 22.7. The summed E-state index contributed by atoms with van der Waals surface area (Å²) < 4.78 is 8.83. The summed E-state index contributed by atoms with van der Waals surface area (Å²) >= 11 is 13.4. The Hall–Kier alpha value is -1.70. The molecular weight excluding hydrogens is 546 g/mol. The Bertz CT molecular complexity index is 1170. The topological polar surface area (TPSA) is 56.5 Å². The predicted molar refractivity (Wildman–Crippen MR) is 135 cm³/mol. The molecule has 8 heteroatoms. The highest BCUT2D eigenvalue weighted by Crippen LogP contribution is 2.35. The van der Waals surface area contributed by atoms with Crippen LogP contribution in [0.25, 0.3) is 10.9 Å². The molecule has 0 aliphatic carbocycles. The first-order valence-corrected chi connectivity index (χ1v) is 12.1. The Balaban J connectivity index is 2.08. The van der Waals surface area contributed by atoms with E-state index in [1.165, 1.54) is 4.68 Å². The molecule has 0 amide bonds. The molecule has 0 N–H and O–H groups in total. The molecule has 5 nitrogen and oxygen atoms in total. The summed E-state index contributed by atoms with van der Waals surface area (Å²) in [6.45, 7) is 8.14. The fourth-order valence-corrected chi connectivity index (χ4v) is 4.27. The van der Waals surface area contributed by atoms with Crippen LogP contribution in [0.2, 0.25) is 5.02 Å². The summed E-state index contributed by atoms with van der Waals surface area (Å²) in [5.41, 5.74) is 1.19. The first-order valence-electron chi connectivity index (χ1n) is 10.2. The predicted octanol–water partition coefficient (Wildman–Crippen LogP) is 7.15. The highest BCUT2D eigenvalue weighted by atomic mass is 79.9. The van der Waals surface area contributed by atoms with Gasteiger partial charge in [0.05, 0.1) is 32.7 Å². The Morgan fingerprint density at radius 1 is 1.19 bits per heavy atom. The number of hydrogen-bond acceptors (Lipinski definition) is 4. The summed E-state index contributed by atoms with van der Waals surface area (Å²) in [5, 5.41) is 5.48. The van der Waals surface area contributed by atoms with Crippen LogP contribution in [0.15, 0.2) is 49.2 Å². The van der Waals surface area contributed by atoms with Gasteiger partial charge in [0.1, 0.15) is 5.82 Å². The van der Waals surface area contributed by atoms with Crippen LogP contribution in [-0.2, 0) is 0 Å². The van der Waals surface area contributed by atoms with E-state index >= 15 is 0 Å². The van der Waals surface area contributed by atoms with E-state index in [9.17, 15) is 4.79 Å². The average Bonchev–Trinajstić information content (AvgIpc) is 2.75. The number of fused-ring (bicyclic) bond motifs is 1. The number of halogens is 3. The van der Waals surface area contributed by atoms with Crippen LogP contribution < -0.4 is 10.3 Å². The molecule has 1 heterocycles. The molecular formula is C23H24Br2ClN3O2. The lowest BCUT2D eigenvalue weighted by Crippen LogP contribution is -2.23. The van der Waals surface area contributed by atoms with E-state index in [2.05, 4.69) is 50.8 Å². The molecule has 0 spiro atoms. The van der Waals surface area contributed by atoms with E-state index in [1.54, 1.807) is 18.3 Å². The number of hydrogen-bond donors (Lipinski definition) is 0. The second kappa shape index (κ2) is 10.3. The van der Waals surface area contributed by atoms with Gasteiger partial charge in [-0.05, 0) is 71.6 Å². The largest absolute Gasteiger partial charge is 0.488 e. The van der Waals surface area contributed by atoms with Gasteiger partial charge in [-0.3, -0.25) is 4.79 Å². The van der Waals surface area contributed by atoms with Gasteiger partial charge in [0, 0.05) is 10.4 Å².